The zero-order valence-corrected chi connectivity index (χ0v) is 30.9. The van der Waals surface area contributed by atoms with Crippen LogP contribution in [0.5, 0.6) is 0 Å². The molecular weight excluding hydrogens is 673 g/mol. The largest absolute Gasteiger partial charge is 0.443 e. The van der Waals surface area contributed by atoms with Crippen LogP contribution in [0.25, 0.3) is 0 Å². The molecule has 268 valence electrons. The van der Waals surface area contributed by atoms with Gasteiger partial charge in [0.15, 0.2) is 0 Å². The quantitative estimate of drug-likeness (QED) is 0.106. The van der Waals surface area contributed by atoms with Crippen LogP contribution < -0.4 is 16.0 Å². The molecule has 11 nitrogen and oxygen atoms in total. The number of aromatic nitrogens is 2. The van der Waals surface area contributed by atoms with Crippen LogP contribution >= 0.6 is 22.7 Å². The van der Waals surface area contributed by atoms with E-state index in [1.54, 1.807) is 29.3 Å². The Labute approximate surface area is 302 Å². The summed E-state index contributed by atoms with van der Waals surface area (Å²) in [6, 6.07) is 16.8. The minimum Gasteiger partial charge on any atom is -0.443 e. The number of nitrogens with zero attached hydrogens (tertiary/aromatic N) is 3. The zero-order chi connectivity index (χ0) is 36.0. The first kappa shape index (κ1) is 38.5. The topological polar surface area (TPSA) is 146 Å². The Balaban J connectivity index is 1.46. The lowest BCUT2D eigenvalue weighted by Gasteiger charge is -2.30. The van der Waals surface area contributed by atoms with Crippen molar-refractivity contribution in [2.75, 3.05) is 7.05 Å². The number of aliphatic hydroxyl groups excluding tert-OH is 1. The molecular formula is C37H48N6O5S2. The van der Waals surface area contributed by atoms with Crippen molar-refractivity contribution >= 4 is 40.7 Å². The molecule has 4 rings (SSSR count). The van der Waals surface area contributed by atoms with E-state index in [2.05, 4.69) is 39.8 Å². The molecule has 2 aromatic carbocycles. The Morgan fingerprint density at radius 3 is 2.12 bits per heavy atom. The number of hydrogen-bond acceptors (Lipinski definition) is 9. The van der Waals surface area contributed by atoms with Gasteiger partial charge in [-0.2, -0.15) is 0 Å². The fourth-order valence-corrected chi connectivity index (χ4v) is 6.75. The van der Waals surface area contributed by atoms with E-state index in [1.807, 2.05) is 79.9 Å². The summed E-state index contributed by atoms with van der Waals surface area (Å²) in [5.74, 6) is -0.279. The lowest BCUT2D eigenvalue weighted by molar-refractivity contribution is -0.124. The minimum absolute atomic E-state index is 0.0103. The van der Waals surface area contributed by atoms with E-state index in [0.29, 0.717) is 31.0 Å². The molecule has 4 aromatic rings. The van der Waals surface area contributed by atoms with Gasteiger partial charge in [-0.05, 0) is 36.3 Å². The predicted octanol–water partition coefficient (Wildman–Crippen LogP) is 5.91. The standard InChI is InChI=1S/C37H48N6O5S2/c1-24(2)33(42-36(46)43(5)19-29-22-50-35(40-29)25(3)4)34(45)39-28(16-26-12-8-6-9-13-26)18-32(44)31(17-27-14-10-7-11-15-27)41-37(47)48-20-30-21-49-23-38-30/h6-15,21-25,28,31-33,44H,16-20H2,1-5H3,(H,39,45)(H,41,47)(H,42,46)/t28?,31-,32?,33?/m0/s1. The number of alkyl carbamates (subject to hydrolysis) is 1. The van der Waals surface area contributed by atoms with Crippen molar-refractivity contribution in [2.45, 2.75) is 90.3 Å². The van der Waals surface area contributed by atoms with Gasteiger partial charge < -0.3 is 30.7 Å². The number of rotatable bonds is 17. The highest BCUT2D eigenvalue weighted by molar-refractivity contribution is 7.09. The summed E-state index contributed by atoms with van der Waals surface area (Å²) < 4.78 is 5.40. The Bertz CT molecular complexity index is 1620. The minimum atomic E-state index is -1.05. The molecule has 0 aliphatic carbocycles. The van der Waals surface area contributed by atoms with Crippen LogP contribution in [-0.4, -0.2) is 69.3 Å². The first-order valence-corrected chi connectivity index (χ1v) is 18.6. The number of amides is 4. The molecule has 0 aliphatic heterocycles. The van der Waals surface area contributed by atoms with Crippen LogP contribution in [0.4, 0.5) is 9.59 Å². The molecule has 4 N–H and O–H groups in total. The molecule has 4 amide bonds. The van der Waals surface area contributed by atoms with Crippen LogP contribution in [-0.2, 0) is 35.5 Å². The van der Waals surface area contributed by atoms with E-state index in [9.17, 15) is 19.5 Å². The molecule has 0 fully saturated rings. The number of urea groups is 1. The molecule has 0 spiro atoms. The molecule has 0 radical (unpaired) electrons. The normalized spacial score (nSPS) is 13.7. The Hall–Kier alpha value is -4.33. The van der Waals surface area contributed by atoms with Crippen molar-refractivity contribution < 1.29 is 24.2 Å². The van der Waals surface area contributed by atoms with E-state index in [1.165, 1.54) is 16.2 Å². The maximum atomic E-state index is 13.9. The van der Waals surface area contributed by atoms with E-state index >= 15 is 0 Å². The maximum Gasteiger partial charge on any atom is 0.407 e. The van der Waals surface area contributed by atoms with Crippen LogP contribution in [0.2, 0.25) is 0 Å². The first-order chi connectivity index (χ1) is 24.0. The summed E-state index contributed by atoms with van der Waals surface area (Å²) in [6.45, 7) is 8.22. The number of aliphatic hydroxyl groups is 1. The number of carbonyl (C=O) groups excluding carboxylic acids is 3. The zero-order valence-electron chi connectivity index (χ0n) is 29.2. The van der Waals surface area contributed by atoms with Crippen LogP contribution in [0.3, 0.4) is 0 Å². The van der Waals surface area contributed by atoms with Gasteiger partial charge in [0.05, 0.1) is 40.6 Å². The van der Waals surface area contributed by atoms with Crippen LogP contribution in [0.15, 0.2) is 76.9 Å². The second-order valence-corrected chi connectivity index (χ2v) is 14.7. The van der Waals surface area contributed by atoms with E-state index in [-0.39, 0.29) is 30.9 Å². The lowest BCUT2D eigenvalue weighted by Crippen LogP contribution is -2.55. The number of benzene rings is 2. The second kappa shape index (κ2) is 19.2. The van der Waals surface area contributed by atoms with E-state index in [4.69, 9.17) is 4.74 Å². The maximum absolute atomic E-state index is 13.9. The molecule has 2 aromatic heterocycles. The number of nitrogens with one attached hydrogen (secondary N) is 3. The van der Waals surface area contributed by atoms with Gasteiger partial charge in [-0.25, -0.2) is 19.6 Å². The van der Waals surface area contributed by atoms with Gasteiger partial charge in [0.25, 0.3) is 0 Å². The van der Waals surface area contributed by atoms with Gasteiger partial charge in [0.2, 0.25) is 5.91 Å². The smallest absolute Gasteiger partial charge is 0.407 e. The molecule has 0 saturated carbocycles. The average molecular weight is 721 g/mol. The third kappa shape index (κ3) is 12.2. The van der Waals surface area contributed by atoms with E-state index < -0.39 is 30.3 Å². The Kier molecular flexibility index (Phi) is 14.7. The van der Waals surface area contributed by atoms with Crippen molar-refractivity contribution in [3.05, 3.63) is 104 Å². The highest BCUT2D eigenvalue weighted by atomic mass is 32.1. The first-order valence-electron chi connectivity index (χ1n) is 16.8. The van der Waals surface area contributed by atoms with Crippen molar-refractivity contribution in [2.24, 2.45) is 5.92 Å². The fraction of sp³-hybridized carbons (Fsp3) is 0.432. The van der Waals surface area contributed by atoms with Crippen molar-refractivity contribution in [1.29, 1.82) is 0 Å². The number of hydrogen-bond donors (Lipinski definition) is 4. The third-order valence-corrected chi connectivity index (χ3v) is 9.96. The summed E-state index contributed by atoms with van der Waals surface area (Å²) in [5.41, 5.74) is 4.98. The highest BCUT2D eigenvalue weighted by Crippen LogP contribution is 2.20. The molecule has 0 saturated heterocycles. The molecule has 0 aliphatic rings. The summed E-state index contributed by atoms with van der Waals surface area (Å²) in [5, 5.41) is 25.3. The number of thiazole rings is 2. The second-order valence-electron chi connectivity index (χ2n) is 13.1. The van der Waals surface area contributed by atoms with Crippen molar-refractivity contribution in [1.82, 2.24) is 30.8 Å². The SMILES string of the molecule is CC(C)c1nc(CN(C)C(=O)NC(C(=O)NC(Cc2ccccc2)CC(O)[C@H](Cc2ccccc2)NC(=O)OCc2cscn2)C(C)C)cs1. The van der Waals surface area contributed by atoms with Crippen LogP contribution in [0.1, 0.15) is 67.6 Å². The number of ether oxygens (including phenoxy) is 1. The number of carbonyl (C=O) groups is 3. The van der Waals surface area contributed by atoms with Gasteiger partial charge in [0, 0.05) is 29.8 Å². The summed E-state index contributed by atoms with van der Waals surface area (Å²) in [4.78, 5) is 50.3. The molecule has 50 heavy (non-hydrogen) atoms. The molecule has 3 unspecified atom stereocenters. The van der Waals surface area contributed by atoms with Gasteiger partial charge in [-0.15, -0.1) is 22.7 Å². The Morgan fingerprint density at radius 2 is 1.54 bits per heavy atom. The molecule has 13 heteroatoms. The monoisotopic (exact) mass is 720 g/mol. The van der Waals surface area contributed by atoms with Gasteiger partial charge in [-0.3, -0.25) is 4.79 Å². The Morgan fingerprint density at radius 1 is 0.880 bits per heavy atom. The van der Waals surface area contributed by atoms with Crippen molar-refractivity contribution in [3.63, 3.8) is 0 Å². The van der Waals surface area contributed by atoms with Crippen molar-refractivity contribution in [3.8, 4) is 0 Å². The predicted molar refractivity (Wildman–Crippen MR) is 197 cm³/mol. The summed E-state index contributed by atoms with van der Waals surface area (Å²) in [7, 11) is 1.68. The summed E-state index contributed by atoms with van der Waals surface area (Å²) in [6.07, 6.45) is -0.828. The highest BCUT2D eigenvalue weighted by Gasteiger charge is 2.31. The molecule has 4 atom stereocenters. The third-order valence-electron chi connectivity index (χ3n) is 8.14. The fourth-order valence-electron chi connectivity index (χ4n) is 5.38. The van der Waals surface area contributed by atoms with Crippen LogP contribution in [0, 0.1) is 5.92 Å². The van der Waals surface area contributed by atoms with Gasteiger partial charge in [0.1, 0.15) is 12.6 Å². The van der Waals surface area contributed by atoms with Gasteiger partial charge in [-0.1, -0.05) is 88.4 Å². The lowest BCUT2D eigenvalue weighted by atomic mass is 9.93. The van der Waals surface area contributed by atoms with Gasteiger partial charge >= 0.3 is 12.1 Å². The average Bonchev–Trinajstić information content (AvgIpc) is 3.79. The van der Waals surface area contributed by atoms with E-state index in [0.717, 1.165) is 21.8 Å². The molecule has 0 bridgehead atoms. The molecule has 2 heterocycles. The summed E-state index contributed by atoms with van der Waals surface area (Å²) >= 11 is 2.98.